The summed E-state index contributed by atoms with van der Waals surface area (Å²) in [6.07, 6.45) is 1.69. The molecule has 0 atom stereocenters. The van der Waals surface area contributed by atoms with Gasteiger partial charge in [0.25, 0.3) is 5.56 Å². The number of aromatic nitrogens is 3. The summed E-state index contributed by atoms with van der Waals surface area (Å²) in [4.78, 5) is 17.7. The molecule has 0 saturated carbocycles. The van der Waals surface area contributed by atoms with Crippen molar-refractivity contribution in [2.24, 2.45) is 0 Å². The third-order valence-corrected chi connectivity index (χ3v) is 5.70. The molecule has 0 aliphatic heterocycles. The molecule has 0 unspecified atom stereocenters. The van der Waals surface area contributed by atoms with Crippen LogP contribution in [0.1, 0.15) is 5.76 Å². The van der Waals surface area contributed by atoms with Gasteiger partial charge in [-0.2, -0.15) is 9.50 Å². The minimum atomic E-state index is -0.244. The molecule has 142 valence electrons. The second kappa shape index (κ2) is 7.15. The number of hydrogen-bond acceptors (Lipinski definition) is 5. The second-order valence-corrected chi connectivity index (χ2v) is 8.15. The molecule has 0 saturated heterocycles. The average molecular weight is 440 g/mol. The molecular weight excluding hydrogens is 429 g/mol. The smallest absolute Gasteiger partial charge is 0.291 e. The summed E-state index contributed by atoms with van der Waals surface area (Å²) in [5.74, 6) is 1.70. The highest BCUT2D eigenvalue weighted by molar-refractivity contribution is 7.15. The number of fused-ring (bicyclic) bond motifs is 1. The molecule has 5 nitrogen and oxygen atoms in total. The van der Waals surface area contributed by atoms with Gasteiger partial charge in [-0.3, -0.25) is 4.79 Å². The zero-order valence-electron chi connectivity index (χ0n) is 14.7. The summed E-state index contributed by atoms with van der Waals surface area (Å²) in [7, 11) is 0. The van der Waals surface area contributed by atoms with E-state index in [2.05, 4.69) is 10.1 Å². The fraction of sp³-hybridized carbons (Fsp3) is 0. The molecule has 8 heteroatoms. The predicted octanol–water partition coefficient (Wildman–Crippen LogP) is 4.93. The van der Waals surface area contributed by atoms with Crippen LogP contribution in [0.2, 0.25) is 10.0 Å². The Kier molecular flexibility index (Phi) is 4.47. The Morgan fingerprint density at radius 1 is 0.966 bits per heavy atom. The van der Waals surface area contributed by atoms with Gasteiger partial charge >= 0.3 is 0 Å². The Labute approximate surface area is 178 Å². The maximum absolute atomic E-state index is 12.7. The van der Waals surface area contributed by atoms with Gasteiger partial charge in [0.15, 0.2) is 5.82 Å². The molecule has 0 amide bonds. The number of halogens is 2. The van der Waals surface area contributed by atoms with Crippen LogP contribution >= 0.6 is 34.5 Å². The highest BCUT2D eigenvalue weighted by Crippen LogP contribution is 2.25. The number of thiazole rings is 1. The van der Waals surface area contributed by atoms with Crippen LogP contribution in [0.15, 0.2) is 69.9 Å². The molecule has 3 heterocycles. The van der Waals surface area contributed by atoms with Crippen LogP contribution in [0, 0.1) is 0 Å². The molecule has 0 spiro atoms. The molecule has 29 heavy (non-hydrogen) atoms. The number of nitrogens with zero attached hydrogens (tertiary/aromatic N) is 3. The van der Waals surface area contributed by atoms with Crippen LogP contribution in [0.3, 0.4) is 0 Å². The molecule has 2 aromatic carbocycles. The maximum Gasteiger partial charge on any atom is 0.291 e. The minimum absolute atomic E-state index is 0.244. The van der Waals surface area contributed by atoms with Crippen molar-refractivity contribution < 1.29 is 4.42 Å². The lowest BCUT2D eigenvalue weighted by Crippen LogP contribution is -2.23. The fourth-order valence-electron chi connectivity index (χ4n) is 2.94. The molecule has 3 aromatic heterocycles. The lowest BCUT2D eigenvalue weighted by atomic mass is 10.2. The third-order valence-electron chi connectivity index (χ3n) is 4.27. The van der Waals surface area contributed by atoms with E-state index in [1.807, 2.05) is 42.5 Å². The quantitative estimate of drug-likeness (QED) is 0.399. The maximum atomic E-state index is 12.7. The van der Waals surface area contributed by atoms with Crippen LogP contribution in [-0.2, 0) is 0 Å². The summed E-state index contributed by atoms with van der Waals surface area (Å²) in [6.45, 7) is 0. The van der Waals surface area contributed by atoms with Crippen LogP contribution in [0.4, 0.5) is 0 Å². The van der Waals surface area contributed by atoms with Crippen molar-refractivity contribution in [1.29, 1.82) is 0 Å². The first-order valence-electron chi connectivity index (χ1n) is 8.60. The normalized spacial score (nSPS) is 12.1. The summed E-state index contributed by atoms with van der Waals surface area (Å²) in [5, 5.41) is 5.55. The van der Waals surface area contributed by atoms with Crippen molar-refractivity contribution >= 4 is 45.6 Å². The van der Waals surface area contributed by atoms with Crippen LogP contribution in [0.5, 0.6) is 0 Å². The Bertz CT molecular complexity index is 1470. The molecule has 0 bridgehead atoms. The van der Waals surface area contributed by atoms with E-state index in [9.17, 15) is 4.79 Å². The first-order chi connectivity index (χ1) is 14.1. The van der Waals surface area contributed by atoms with Crippen LogP contribution in [-0.4, -0.2) is 14.6 Å². The molecule has 0 aliphatic carbocycles. The Morgan fingerprint density at radius 3 is 2.41 bits per heavy atom. The van der Waals surface area contributed by atoms with Gasteiger partial charge in [0.05, 0.1) is 0 Å². The second-order valence-electron chi connectivity index (χ2n) is 6.27. The standard InChI is InChI=1S/C21H11Cl2N3O2S/c22-14-5-1-3-12(9-14)17-8-7-16(28-17)11-18-20(27)26-21(29-18)24-19(25-26)13-4-2-6-15(23)10-13/h1-11H/b18-11-. The lowest BCUT2D eigenvalue weighted by Gasteiger charge is -1.96. The number of furan rings is 1. The van der Waals surface area contributed by atoms with Crippen molar-refractivity contribution in [3.63, 3.8) is 0 Å². The minimum Gasteiger partial charge on any atom is -0.457 e. The van der Waals surface area contributed by atoms with E-state index >= 15 is 0 Å². The van der Waals surface area contributed by atoms with E-state index in [4.69, 9.17) is 27.6 Å². The van der Waals surface area contributed by atoms with Crippen molar-refractivity contribution in [2.45, 2.75) is 0 Å². The Hall–Kier alpha value is -2.93. The van der Waals surface area contributed by atoms with Crippen molar-refractivity contribution in [1.82, 2.24) is 14.6 Å². The predicted molar refractivity (Wildman–Crippen MR) is 116 cm³/mol. The number of rotatable bonds is 3. The zero-order chi connectivity index (χ0) is 20.0. The highest BCUT2D eigenvalue weighted by Gasteiger charge is 2.13. The van der Waals surface area contributed by atoms with E-state index in [1.54, 1.807) is 24.3 Å². The lowest BCUT2D eigenvalue weighted by molar-refractivity contribution is 0.571. The molecule has 5 aromatic rings. The van der Waals surface area contributed by atoms with Gasteiger partial charge in [0.1, 0.15) is 16.1 Å². The van der Waals surface area contributed by atoms with Crippen LogP contribution < -0.4 is 10.1 Å². The Balaban J connectivity index is 1.53. The van der Waals surface area contributed by atoms with Gasteiger partial charge in [-0.1, -0.05) is 58.8 Å². The summed E-state index contributed by atoms with van der Waals surface area (Å²) >= 11 is 13.3. The van der Waals surface area contributed by atoms with Gasteiger partial charge in [-0.25, -0.2) is 0 Å². The van der Waals surface area contributed by atoms with E-state index < -0.39 is 0 Å². The average Bonchev–Trinajstić information content (AvgIpc) is 3.40. The van der Waals surface area contributed by atoms with Crippen LogP contribution in [0.25, 0.3) is 33.7 Å². The first kappa shape index (κ1) is 18.1. The topological polar surface area (TPSA) is 60.4 Å². The summed E-state index contributed by atoms with van der Waals surface area (Å²) in [5.41, 5.74) is 1.38. The van der Waals surface area contributed by atoms with Gasteiger partial charge < -0.3 is 4.42 Å². The summed E-state index contributed by atoms with van der Waals surface area (Å²) in [6, 6.07) is 18.3. The Morgan fingerprint density at radius 2 is 1.69 bits per heavy atom. The first-order valence-corrected chi connectivity index (χ1v) is 10.2. The molecule has 0 fully saturated rings. The molecule has 0 N–H and O–H groups in total. The van der Waals surface area contributed by atoms with Crippen molar-refractivity contribution in [3.8, 4) is 22.7 Å². The fourth-order valence-corrected chi connectivity index (χ4v) is 4.21. The number of hydrogen-bond donors (Lipinski definition) is 0. The van der Waals surface area contributed by atoms with Gasteiger partial charge in [-0.15, -0.1) is 5.10 Å². The molecular formula is C21H11Cl2N3O2S. The van der Waals surface area contributed by atoms with E-state index in [1.165, 1.54) is 15.9 Å². The molecule has 5 rings (SSSR count). The van der Waals surface area contributed by atoms with Gasteiger partial charge in [-0.05, 0) is 36.4 Å². The monoisotopic (exact) mass is 439 g/mol. The van der Waals surface area contributed by atoms with Gasteiger partial charge in [0, 0.05) is 27.2 Å². The largest absolute Gasteiger partial charge is 0.457 e. The van der Waals surface area contributed by atoms with Crippen molar-refractivity contribution in [2.75, 3.05) is 0 Å². The highest BCUT2D eigenvalue weighted by atomic mass is 35.5. The number of benzene rings is 2. The van der Waals surface area contributed by atoms with Crippen molar-refractivity contribution in [3.05, 3.63) is 91.4 Å². The van der Waals surface area contributed by atoms with E-state index in [0.717, 1.165) is 11.1 Å². The van der Waals surface area contributed by atoms with E-state index in [0.29, 0.717) is 36.9 Å². The zero-order valence-corrected chi connectivity index (χ0v) is 17.0. The SMILES string of the molecule is O=c1/c(=C/c2ccc(-c3cccc(Cl)c3)o2)sc2nc(-c3cccc(Cl)c3)nn12. The molecule has 0 aliphatic rings. The molecule has 0 radical (unpaired) electrons. The third kappa shape index (κ3) is 3.46. The van der Waals surface area contributed by atoms with E-state index in [-0.39, 0.29) is 5.56 Å². The van der Waals surface area contributed by atoms with Gasteiger partial charge in [0.2, 0.25) is 4.96 Å². The summed E-state index contributed by atoms with van der Waals surface area (Å²) < 4.78 is 7.64.